The third-order valence-electron chi connectivity index (χ3n) is 3.23. The third kappa shape index (κ3) is 5.16. The van der Waals surface area contributed by atoms with E-state index in [1.165, 1.54) is 0 Å². The summed E-state index contributed by atoms with van der Waals surface area (Å²) in [7, 11) is -1.18. The van der Waals surface area contributed by atoms with Crippen molar-refractivity contribution >= 4 is 16.8 Å². The van der Waals surface area contributed by atoms with E-state index in [2.05, 4.69) is 0 Å². The van der Waals surface area contributed by atoms with Crippen molar-refractivity contribution < 1.29 is 14.1 Å². The second-order valence-corrected chi connectivity index (χ2v) is 6.46. The molecule has 0 aliphatic carbocycles. The van der Waals surface area contributed by atoms with E-state index in [1.807, 2.05) is 60.7 Å². The Morgan fingerprint density at radius 3 is 2.00 bits per heavy atom. The molecule has 0 aliphatic heterocycles. The summed E-state index contributed by atoms with van der Waals surface area (Å²) in [5, 5.41) is 9.32. The van der Waals surface area contributed by atoms with Crippen molar-refractivity contribution in [2.45, 2.75) is 12.2 Å². The van der Waals surface area contributed by atoms with Crippen LogP contribution in [0, 0.1) is 5.92 Å². The molecule has 0 fully saturated rings. The van der Waals surface area contributed by atoms with E-state index in [0.717, 1.165) is 11.1 Å². The molecule has 1 N–H and O–H groups in total. The standard InChI is InChI=1S/C17H18O3S/c18-17(19)16(11-14-7-3-1-4-8-14)13-21(20)12-15-9-5-2-6-10-15/h1-10,16H,11-13H2,(H,18,19). The van der Waals surface area contributed by atoms with Crippen LogP contribution in [0.1, 0.15) is 11.1 Å². The van der Waals surface area contributed by atoms with Crippen LogP contribution in [0.3, 0.4) is 0 Å². The van der Waals surface area contributed by atoms with Crippen LogP contribution in [0.25, 0.3) is 0 Å². The fraction of sp³-hybridized carbons (Fsp3) is 0.235. The normalized spacial score (nSPS) is 13.5. The summed E-state index contributed by atoms with van der Waals surface area (Å²) in [6.45, 7) is 0. The Labute approximate surface area is 127 Å². The molecule has 0 aromatic heterocycles. The lowest BCUT2D eigenvalue weighted by Gasteiger charge is -2.12. The first kappa shape index (κ1) is 15.4. The Hall–Kier alpha value is -1.94. The number of benzene rings is 2. The minimum absolute atomic E-state index is 0.180. The zero-order valence-electron chi connectivity index (χ0n) is 11.6. The molecule has 2 aromatic carbocycles. The topological polar surface area (TPSA) is 54.4 Å². The van der Waals surface area contributed by atoms with Crippen LogP contribution >= 0.6 is 0 Å². The largest absolute Gasteiger partial charge is 0.481 e. The molecule has 2 atom stereocenters. The fourth-order valence-corrected chi connectivity index (χ4v) is 3.55. The summed E-state index contributed by atoms with van der Waals surface area (Å²) in [4.78, 5) is 11.4. The maximum atomic E-state index is 12.2. The Bertz CT molecular complexity index is 596. The zero-order valence-corrected chi connectivity index (χ0v) is 12.5. The first-order valence-electron chi connectivity index (χ1n) is 6.81. The van der Waals surface area contributed by atoms with Crippen LogP contribution in [-0.4, -0.2) is 21.0 Å². The van der Waals surface area contributed by atoms with Gasteiger partial charge in [0.2, 0.25) is 0 Å². The van der Waals surface area contributed by atoms with Crippen LogP contribution in [0.5, 0.6) is 0 Å². The van der Waals surface area contributed by atoms with Crippen molar-refractivity contribution in [3.05, 3.63) is 71.8 Å². The van der Waals surface area contributed by atoms with E-state index >= 15 is 0 Å². The van der Waals surface area contributed by atoms with E-state index in [1.54, 1.807) is 0 Å². The molecule has 4 heteroatoms. The van der Waals surface area contributed by atoms with Gasteiger partial charge in [-0.1, -0.05) is 60.7 Å². The van der Waals surface area contributed by atoms with Crippen LogP contribution in [0.15, 0.2) is 60.7 Å². The molecule has 0 spiro atoms. The van der Waals surface area contributed by atoms with Gasteiger partial charge in [-0.2, -0.15) is 0 Å². The molecule has 0 radical (unpaired) electrons. The number of hydrogen-bond acceptors (Lipinski definition) is 2. The lowest BCUT2D eigenvalue weighted by atomic mass is 10.0. The number of hydrogen-bond donors (Lipinski definition) is 1. The highest BCUT2D eigenvalue weighted by molar-refractivity contribution is 7.84. The average Bonchev–Trinajstić information content (AvgIpc) is 2.48. The van der Waals surface area contributed by atoms with E-state index in [9.17, 15) is 14.1 Å². The SMILES string of the molecule is O=C(O)C(Cc1ccccc1)CS(=O)Cc1ccccc1. The van der Waals surface area contributed by atoms with E-state index in [-0.39, 0.29) is 5.75 Å². The highest BCUT2D eigenvalue weighted by Crippen LogP contribution is 2.13. The lowest BCUT2D eigenvalue weighted by molar-refractivity contribution is -0.140. The molecule has 110 valence electrons. The van der Waals surface area contributed by atoms with Crippen LogP contribution in [0.4, 0.5) is 0 Å². The van der Waals surface area contributed by atoms with Crippen molar-refractivity contribution in [2.24, 2.45) is 5.92 Å². The molecular formula is C17H18O3S. The maximum Gasteiger partial charge on any atom is 0.307 e. The molecule has 21 heavy (non-hydrogen) atoms. The zero-order chi connectivity index (χ0) is 15.1. The van der Waals surface area contributed by atoms with Gasteiger partial charge < -0.3 is 5.11 Å². The number of carbonyl (C=O) groups is 1. The van der Waals surface area contributed by atoms with E-state index in [4.69, 9.17) is 0 Å². The molecule has 0 bridgehead atoms. The second-order valence-electron chi connectivity index (χ2n) is 4.96. The second kappa shape index (κ2) is 7.74. The van der Waals surface area contributed by atoms with Crippen molar-refractivity contribution in [1.82, 2.24) is 0 Å². The minimum Gasteiger partial charge on any atom is -0.481 e. The molecule has 2 aromatic rings. The van der Waals surface area contributed by atoms with Crippen LogP contribution in [-0.2, 0) is 27.8 Å². The number of carboxylic acids is 1. The molecule has 0 amide bonds. The first-order chi connectivity index (χ1) is 10.1. The van der Waals surface area contributed by atoms with Gasteiger partial charge in [-0.25, -0.2) is 0 Å². The van der Waals surface area contributed by atoms with Crippen molar-refractivity contribution in [1.29, 1.82) is 0 Å². The number of carboxylic acid groups (broad SMARTS) is 1. The van der Waals surface area contributed by atoms with Gasteiger partial charge in [0.25, 0.3) is 0 Å². The van der Waals surface area contributed by atoms with Crippen molar-refractivity contribution in [3.8, 4) is 0 Å². The van der Waals surface area contributed by atoms with Gasteiger partial charge in [-0.05, 0) is 17.5 Å². The molecule has 2 rings (SSSR count). The molecular weight excluding hydrogens is 284 g/mol. The highest BCUT2D eigenvalue weighted by atomic mass is 32.2. The Balaban J connectivity index is 1.96. The van der Waals surface area contributed by atoms with Crippen LogP contribution in [0.2, 0.25) is 0 Å². The van der Waals surface area contributed by atoms with Gasteiger partial charge in [-0.15, -0.1) is 0 Å². The molecule has 0 saturated carbocycles. The third-order valence-corrected chi connectivity index (χ3v) is 4.66. The predicted molar refractivity (Wildman–Crippen MR) is 84.4 cm³/mol. The highest BCUT2D eigenvalue weighted by Gasteiger charge is 2.21. The molecule has 2 unspecified atom stereocenters. The van der Waals surface area contributed by atoms with E-state index < -0.39 is 22.7 Å². The van der Waals surface area contributed by atoms with E-state index in [0.29, 0.717) is 12.2 Å². The number of rotatable bonds is 7. The minimum atomic E-state index is -1.18. The van der Waals surface area contributed by atoms with Gasteiger partial charge in [0.1, 0.15) is 0 Å². The fourth-order valence-electron chi connectivity index (χ4n) is 2.16. The van der Waals surface area contributed by atoms with Crippen molar-refractivity contribution in [3.63, 3.8) is 0 Å². The van der Waals surface area contributed by atoms with Gasteiger partial charge in [0.05, 0.1) is 5.92 Å². The van der Waals surface area contributed by atoms with Crippen molar-refractivity contribution in [2.75, 3.05) is 5.75 Å². The quantitative estimate of drug-likeness (QED) is 0.855. The maximum absolute atomic E-state index is 12.2. The monoisotopic (exact) mass is 302 g/mol. The molecule has 3 nitrogen and oxygen atoms in total. The summed E-state index contributed by atoms with van der Waals surface area (Å²) >= 11 is 0. The Morgan fingerprint density at radius 2 is 1.48 bits per heavy atom. The smallest absolute Gasteiger partial charge is 0.307 e. The summed E-state index contributed by atoms with van der Waals surface area (Å²) in [6.07, 6.45) is 0.413. The van der Waals surface area contributed by atoms with Gasteiger partial charge in [0.15, 0.2) is 0 Å². The Kier molecular flexibility index (Phi) is 5.69. The van der Waals surface area contributed by atoms with Gasteiger partial charge >= 0.3 is 5.97 Å². The predicted octanol–water partition coefficient (Wildman–Crippen LogP) is 2.88. The molecule has 0 heterocycles. The summed E-state index contributed by atoms with van der Waals surface area (Å²) < 4.78 is 12.2. The first-order valence-corrected chi connectivity index (χ1v) is 8.29. The average molecular weight is 302 g/mol. The molecule has 0 saturated heterocycles. The summed E-state index contributed by atoms with van der Waals surface area (Å²) in [5.41, 5.74) is 1.93. The lowest BCUT2D eigenvalue weighted by Crippen LogP contribution is -2.23. The summed E-state index contributed by atoms with van der Waals surface area (Å²) in [6, 6.07) is 19.0. The van der Waals surface area contributed by atoms with Gasteiger partial charge in [-0.3, -0.25) is 9.00 Å². The Morgan fingerprint density at radius 1 is 0.952 bits per heavy atom. The molecule has 0 aliphatic rings. The number of aliphatic carboxylic acids is 1. The summed E-state index contributed by atoms with van der Waals surface area (Å²) in [5.74, 6) is -0.921. The van der Waals surface area contributed by atoms with Gasteiger partial charge in [0, 0.05) is 22.3 Å². The van der Waals surface area contributed by atoms with Crippen LogP contribution < -0.4 is 0 Å².